The number of hydrogen-bond acceptors (Lipinski definition) is 1. The summed E-state index contributed by atoms with van der Waals surface area (Å²) in [6, 6.07) is 4.04. The van der Waals surface area contributed by atoms with Crippen molar-refractivity contribution in [1.82, 2.24) is 0 Å². The largest absolute Gasteiger partial charge is 0.388 e. The number of benzene rings is 1. The van der Waals surface area contributed by atoms with E-state index in [2.05, 4.69) is 6.92 Å². The second-order valence-electron chi connectivity index (χ2n) is 6.01. The molecule has 112 valence electrons. The SMILES string of the molecule is CCCCC1CCC(C(O)c2cccc(F)c2F)CC1. The third kappa shape index (κ3) is 3.57. The Morgan fingerprint density at radius 3 is 2.55 bits per heavy atom. The highest BCUT2D eigenvalue weighted by molar-refractivity contribution is 5.22. The van der Waals surface area contributed by atoms with Gasteiger partial charge in [0.2, 0.25) is 0 Å². The number of rotatable bonds is 5. The summed E-state index contributed by atoms with van der Waals surface area (Å²) >= 11 is 0. The monoisotopic (exact) mass is 282 g/mol. The van der Waals surface area contributed by atoms with Crippen LogP contribution in [0.1, 0.15) is 63.5 Å². The Labute approximate surface area is 120 Å². The smallest absolute Gasteiger partial charge is 0.164 e. The molecule has 20 heavy (non-hydrogen) atoms. The lowest BCUT2D eigenvalue weighted by Crippen LogP contribution is -2.21. The van der Waals surface area contributed by atoms with Crippen molar-refractivity contribution in [1.29, 1.82) is 0 Å². The van der Waals surface area contributed by atoms with Gasteiger partial charge in [-0.2, -0.15) is 0 Å². The van der Waals surface area contributed by atoms with Crippen molar-refractivity contribution in [2.45, 2.75) is 58.0 Å². The number of aliphatic hydroxyl groups excluding tert-OH is 1. The van der Waals surface area contributed by atoms with Gasteiger partial charge >= 0.3 is 0 Å². The van der Waals surface area contributed by atoms with Crippen LogP contribution < -0.4 is 0 Å². The molecule has 1 aromatic carbocycles. The summed E-state index contributed by atoms with van der Waals surface area (Å²) in [5.74, 6) is -0.966. The topological polar surface area (TPSA) is 20.2 Å². The van der Waals surface area contributed by atoms with Crippen LogP contribution in [-0.2, 0) is 0 Å². The maximum Gasteiger partial charge on any atom is 0.164 e. The van der Waals surface area contributed by atoms with Gasteiger partial charge < -0.3 is 5.11 Å². The molecule has 1 atom stereocenters. The zero-order valence-electron chi connectivity index (χ0n) is 12.1. The average molecular weight is 282 g/mol. The van der Waals surface area contributed by atoms with Crippen molar-refractivity contribution < 1.29 is 13.9 Å². The zero-order valence-corrected chi connectivity index (χ0v) is 12.1. The number of aliphatic hydroxyl groups is 1. The molecule has 0 amide bonds. The van der Waals surface area contributed by atoms with Crippen LogP contribution in [0, 0.1) is 23.5 Å². The average Bonchev–Trinajstić information content (AvgIpc) is 2.48. The van der Waals surface area contributed by atoms with Gasteiger partial charge in [-0.05, 0) is 30.7 Å². The van der Waals surface area contributed by atoms with Gasteiger partial charge in [0.15, 0.2) is 11.6 Å². The van der Waals surface area contributed by atoms with E-state index in [0.717, 1.165) is 37.7 Å². The minimum atomic E-state index is -0.895. The quantitative estimate of drug-likeness (QED) is 0.806. The summed E-state index contributed by atoms with van der Waals surface area (Å²) in [4.78, 5) is 0. The minimum absolute atomic E-state index is 0.0594. The van der Waals surface area contributed by atoms with E-state index in [1.807, 2.05) is 0 Å². The molecule has 1 aliphatic rings. The fourth-order valence-corrected chi connectivity index (χ4v) is 3.29. The van der Waals surface area contributed by atoms with Crippen LogP contribution in [0.5, 0.6) is 0 Å². The maximum absolute atomic E-state index is 13.7. The molecule has 1 saturated carbocycles. The van der Waals surface area contributed by atoms with Crippen molar-refractivity contribution in [3.05, 3.63) is 35.4 Å². The predicted molar refractivity (Wildman–Crippen MR) is 76.3 cm³/mol. The summed E-state index contributed by atoms with van der Waals surface area (Å²) in [7, 11) is 0. The Balaban J connectivity index is 1.94. The molecule has 1 aromatic rings. The van der Waals surface area contributed by atoms with E-state index in [9.17, 15) is 13.9 Å². The zero-order chi connectivity index (χ0) is 14.5. The molecular formula is C17H24F2O. The third-order valence-electron chi connectivity index (χ3n) is 4.60. The van der Waals surface area contributed by atoms with E-state index in [1.54, 1.807) is 0 Å². The Hall–Kier alpha value is -0.960. The van der Waals surface area contributed by atoms with Gasteiger partial charge in [0.1, 0.15) is 0 Å². The highest BCUT2D eigenvalue weighted by Crippen LogP contribution is 2.39. The van der Waals surface area contributed by atoms with E-state index in [-0.39, 0.29) is 11.5 Å². The Kier molecular flexibility index (Phi) is 5.53. The summed E-state index contributed by atoms with van der Waals surface area (Å²) in [5, 5.41) is 10.3. The molecule has 1 nitrogen and oxygen atoms in total. The lowest BCUT2D eigenvalue weighted by molar-refractivity contribution is 0.0686. The van der Waals surface area contributed by atoms with Gasteiger partial charge in [0, 0.05) is 5.56 Å². The lowest BCUT2D eigenvalue weighted by atomic mass is 9.76. The molecule has 3 heteroatoms. The molecule has 1 fully saturated rings. The van der Waals surface area contributed by atoms with E-state index in [1.165, 1.54) is 31.4 Å². The Morgan fingerprint density at radius 1 is 1.20 bits per heavy atom. The molecule has 0 saturated heterocycles. The van der Waals surface area contributed by atoms with Gasteiger partial charge in [-0.25, -0.2) is 8.78 Å². The van der Waals surface area contributed by atoms with Crippen molar-refractivity contribution in [3.63, 3.8) is 0 Å². The fourth-order valence-electron chi connectivity index (χ4n) is 3.29. The van der Waals surface area contributed by atoms with Gasteiger partial charge in [0.05, 0.1) is 6.10 Å². The highest BCUT2D eigenvalue weighted by atomic mass is 19.2. The molecule has 0 aliphatic heterocycles. The summed E-state index contributed by atoms with van der Waals surface area (Å²) < 4.78 is 26.9. The van der Waals surface area contributed by atoms with Crippen LogP contribution in [0.25, 0.3) is 0 Å². The van der Waals surface area contributed by atoms with E-state index in [4.69, 9.17) is 0 Å². The highest BCUT2D eigenvalue weighted by Gasteiger charge is 2.29. The summed E-state index contributed by atoms with van der Waals surface area (Å²) in [6.07, 6.45) is 6.87. The second kappa shape index (κ2) is 7.16. The molecule has 1 unspecified atom stereocenters. The van der Waals surface area contributed by atoms with Crippen LogP contribution in [-0.4, -0.2) is 5.11 Å². The first-order valence-corrected chi connectivity index (χ1v) is 7.75. The minimum Gasteiger partial charge on any atom is -0.388 e. The standard InChI is InChI=1S/C17H24F2O/c1-2-3-5-12-8-10-13(11-9-12)17(20)14-6-4-7-15(18)16(14)19/h4,6-7,12-13,17,20H,2-3,5,8-11H2,1H3. The van der Waals surface area contributed by atoms with Crippen LogP contribution in [0.2, 0.25) is 0 Å². The molecule has 0 radical (unpaired) electrons. The number of unbranched alkanes of at least 4 members (excludes halogenated alkanes) is 1. The van der Waals surface area contributed by atoms with Crippen LogP contribution in [0.15, 0.2) is 18.2 Å². The van der Waals surface area contributed by atoms with Crippen molar-refractivity contribution in [2.75, 3.05) is 0 Å². The van der Waals surface area contributed by atoms with Crippen molar-refractivity contribution in [2.24, 2.45) is 11.8 Å². The summed E-state index contributed by atoms with van der Waals surface area (Å²) in [6.45, 7) is 2.20. The van der Waals surface area contributed by atoms with E-state index < -0.39 is 17.7 Å². The molecule has 0 aromatic heterocycles. The molecule has 0 heterocycles. The van der Waals surface area contributed by atoms with E-state index in [0.29, 0.717) is 0 Å². The summed E-state index contributed by atoms with van der Waals surface area (Å²) in [5.41, 5.74) is 0.113. The van der Waals surface area contributed by atoms with Gasteiger partial charge in [0.25, 0.3) is 0 Å². The van der Waals surface area contributed by atoms with Gasteiger partial charge in [-0.15, -0.1) is 0 Å². The van der Waals surface area contributed by atoms with E-state index >= 15 is 0 Å². The van der Waals surface area contributed by atoms with Crippen LogP contribution in [0.3, 0.4) is 0 Å². The molecule has 1 N–H and O–H groups in total. The van der Waals surface area contributed by atoms with Crippen molar-refractivity contribution in [3.8, 4) is 0 Å². The third-order valence-corrected chi connectivity index (χ3v) is 4.60. The van der Waals surface area contributed by atoms with Crippen LogP contribution >= 0.6 is 0 Å². The fraction of sp³-hybridized carbons (Fsp3) is 0.647. The first-order chi connectivity index (χ1) is 9.63. The first-order valence-electron chi connectivity index (χ1n) is 7.75. The molecule has 0 bridgehead atoms. The van der Waals surface area contributed by atoms with Gasteiger partial charge in [-0.3, -0.25) is 0 Å². The van der Waals surface area contributed by atoms with Gasteiger partial charge in [-0.1, -0.05) is 51.2 Å². The number of hydrogen-bond donors (Lipinski definition) is 1. The lowest BCUT2D eigenvalue weighted by Gasteiger charge is -2.31. The molecule has 0 spiro atoms. The molecular weight excluding hydrogens is 258 g/mol. The maximum atomic E-state index is 13.7. The molecule has 1 aliphatic carbocycles. The van der Waals surface area contributed by atoms with Crippen molar-refractivity contribution >= 4 is 0 Å². The Bertz CT molecular complexity index is 425. The number of halogens is 2. The molecule has 2 rings (SSSR count). The predicted octanol–water partition coefficient (Wildman–Crippen LogP) is 4.99. The normalized spacial score (nSPS) is 24.6. The second-order valence-corrected chi connectivity index (χ2v) is 6.01. The van der Waals surface area contributed by atoms with Crippen LogP contribution in [0.4, 0.5) is 8.78 Å². The Morgan fingerprint density at radius 2 is 1.90 bits per heavy atom. The first kappa shape index (κ1) is 15.4.